The van der Waals surface area contributed by atoms with Gasteiger partial charge in [0.25, 0.3) is 5.91 Å². The van der Waals surface area contributed by atoms with E-state index in [9.17, 15) is 17.6 Å². The van der Waals surface area contributed by atoms with E-state index in [1.165, 1.54) is 23.5 Å². The van der Waals surface area contributed by atoms with Crippen molar-refractivity contribution < 1.29 is 22.3 Å². The number of nitrogens with one attached hydrogen (secondary N) is 1. The maximum Gasteiger partial charge on any atom is 0.257 e. The van der Waals surface area contributed by atoms with Crippen molar-refractivity contribution in [1.82, 2.24) is 9.62 Å². The van der Waals surface area contributed by atoms with Crippen molar-refractivity contribution in [3.8, 4) is 5.75 Å². The number of amides is 1. The lowest BCUT2D eigenvalue weighted by atomic mass is 10.3. The van der Waals surface area contributed by atoms with Crippen LogP contribution in [0.15, 0.2) is 18.2 Å². The third kappa shape index (κ3) is 6.72. The van der Waals surface area contributed by atoms with E-state index >= 15 is 0 Å². The number of hydrogen-bond donors (Lipinski definition) is 1. The lowest BCUT2D eigenvalue weighted by molar-refractivity contribution is -0.123. The van der Waals surface area contributed by atoms with Crippen molar-refractivity contribution in [3.63, 3.8) is 0 Å². The van der Waals surface area contributed by atoms with Gasteiger partial charge in [0.15, 0.2) is 6.61 Å². The Morgan fingerprint density at radius 1 is 1.43 bits per heavy atom. The fourth-order valence-corrected chi connectivity index (χ4v) is 2.67. The molecule has 0 aromatic heterocycles. The second-order valence-electron chi connectivity index (χ2n) is 4.79. The lowest BCUT2D eigenvalue weighted by Crippen LogP contribution is -2.34. The Morgan fingerprint density at radius 3 is 2.74 bits per heavy atom. The van der Waals surface area contributed by atoms with Gasteiger partial charge in [0.05, 0.1) is 10.8 Å². The van der Waals surface area contributed by atoms with Gasteiger partial charge in [-0.25, -0.2) is 17.1 Å². The van der Waals surface area contributed by atoms with Crippen LogP contribution in [0.4, 0.5) is 4.39 Å². The lowest BCUT2D eigenvalue weighted by Gasteiger charge is -2.15. The van der Waals surface area contributed by atoms with Crippen LogP contribution >= 0.6 is 11.6 Å². The minimum atomic E-state index is -3.20. The third-order valence-electron chi connectivity index (χ3n) is 3.07. The predicted molar refractivity (Wildman–Crippen MR) is 86.6 cm³/mol. The molecule has 1 amide bonds. The first-order valence-electron chi connectivity index (χ1n) is 7.05. The molecular weight excluding hydrogens is 347 g/mol. The maximum absolute atomic E-state index is 13.0. The molecule has 0 fully saturated rings. The minimum Gasteiger partial charge on any atom is -0.484 e. The molecule has 1 rings (SSSR count). The van der Waals surface area contributed by atoms with E-state index in [1.54, 1.807) is 6.92 Å². The van der Waals surface area contributed by atoms with Crippen LogP contribution in [0, 0.1) is 5.82 Å². The van der Waals surface area contributed by atoms with Crippen LogP contribution in [0.25, 0.3) is 0 Å². The molecule has 23 heavy (non-hydrogen) atoms. The van der Waals surface area contributed by atoms with Crippen molar-refractivity contribution in [2.75, 3.05) is 32.5 Å². The summed E-state index contributed by atoms with van der Waals surface area (Å²) in [5, 5.41) is 2.53. The van der Waals surface area contributed by atoms with E-state index in [1.807, 2.05) is 0 Å². The van der Waals surface area contributed by atoms with Gasteiger partial charge < -0.3 is 10.1 Å². The van der Waals surface area contributed by atoms with E-state index < -0.39 is 15.8 Å². The summed E-state index contributed by atoms with van der Waals surface area (Å²) in [5.41, 5.74) is 0. The third-order valence-corrected chi connectivity index (χ3v) is 5.22. The standard InChI is InChI=1S/C14H20ClFN2O4S/c1-3-23(20,21)18(2)8-4-7-17-14(19)10-22-11-5-6-13(16)12(15)9-11/h5-6,9H,3-4,7-8,10H2,1-2H3,(H,17,19). The van der Waals surface area contributed by atoms with Crippen molar-refractivity contribution in [1.29, 1.82) is 0 Å². The van der Waals surface area contributed by atoms with E-state index in [4.69, 9.17) is 16.3 Å². The van der Waals surface area contributed by atoms with Crippen LogP contribution in [0.5, 0.6) is 5.75 Å². The van der Waals surface area contributed by atoms with Crippen LogP contribution in [0.1, 0.15) is 13.3 Å². The average Bonchev–Trinajstić information content (AvgIpc) is 2.52. The molecule has 0 aliphatic rings. The molecule has 1 aromatic carbocycles. The zero-order chi connectivity index (χ0) is 17.5. The molecule has 0 saturated heterocycles. The van der Waals surface area contributed by atoms with Gasteiger partial charge in [0.1, 0.15) is 11.6 Å². The Kier molecular flexibility index (Phi) is 7.74. The number of sulfonamides is 1. The molecule has 0 spiro atoms. The average molecular weight is 367 g/mol. The molecule has 6 nitrogen and oxygen atoms in total. The Morgan fingerprint density at radius 2 is 2.13 bits per heavy atom. The van der Waals surface area contributed by atoms with Crippen LogP contribution in [-0.4, -0.2) is 51.1 Å². The molecule has 0 bridgehead atoms. The van der Waals surface area contributed by atoms with Gasteiger partial charge in [0, 0.05) is 26.2 Å². The fourth-order valence-electron chi connectivity index (χ4n) is 1.66. The van der Waals surface area contributed by atoms with E-state index in [-0.39, 0.29) is 23.3 Å². The number of halogens is 2. The van der Waals surface area contributed by atoms with Gasteiger partial charge in [-0.15, -0.1) is 0 Å². The first-order valence-corrected chi connectivity index (χ1v) is 9.03. The zero-order valence-electron chi connectivity index (χ0n) is 13.0. The summed E-state index contributed by atoms with van der Waals surface area (Å²) >= 11 is 5.60. The number of carbonyl (C=O) groups is 1. The molecule has 130 valence electrons. The van der Waals surface area contributed by atoms with Gasteiger partial charge in [-0.05, 0) is 25.5 Å². The normalized spacial score (nSPS) is 11.5. The molecule has 0 heterocycles. The molecule has 1 N–H and O–H groups in total. The number of hydrogen-bond acceptors (Lipinski definition) is 4. The van der Waals surface area contributed by atoms with E-state index in [0.29, 0.717) is 25.3 Å². The Hall–Kier alpha value is -1.38. The van der Waals surface area contributed by atoms with Crippen LogP contribution < -0.4 is 10.1 Å². The SMILES string of the molecule is CCS(=O)(=O)N(C)CCCNC(=O)COc1ccc(F)c(Cl)c1. The summed E-state index contributed by atoms with van der Waals surface area (Å²) in [6, 6.07) is 3.81. The highest BCUT2D eigenvalue weighted by atomic mass is 35.5. The Balaban J connectivity index is 2.26. The van der Waals surface area contributed by atoms with Crippen molar-refractivity contribution in [2.45, 2.75) is 13.3 Å². The molecule has 1 aromatic rings. The smallest absolute Gasteiger partial charge is 0.257 e. The second kappa shape index (κ2) is 9.05. The zero-order valence-corrected chi connectivity index (χ0v) is 14.6. The second-order valence-corrected chi connectivity index (χ2v) is 7.56. The largest absolute Gasteiger partial charge is 0.484 e. The summed E-state index contributed by atoms with van der Waals surface area (Å²) in [7, 11) is -1.70. The van der Waals surface area contributed by atoms with Crippen LogP contribution in [0.3, 0.4) is 0 Å². The number of benzene rings is 1. The van der Waals surface area contributed by atoms with Crippen molar-refractivity contribution in [3.05, 3.63) is 29.0 Å². The number of ether oxygens (including phenoxy) is 1. The molecule has 0 aliphatic heterocycles. The molecule has 0 radical (unpaired) electrons. The summed E-state index contributed by atoms with van der Waals surface area (Å²) in [4.78, 5) is 11.6. The van der Waals surface area contributed by atoms with Crippen molar-refractivity contribution >= 4 is 27.5 Å². The topological polar surface area (TPSA) is 75.7 Å². The van der Waals surface area contributed by atoms with Crippen molar-refractivity contribution in [2.24, 2.45) is 0 Å². The molecular formula is C14H20ClFN2O4S. The summed E-state index contributed by atoms with van der Waals surface area (Å²) in [5.74, 6) is -0.578. The van der Waals surface area contributed by atoms with Crippen LogP contribution in [0.2, 0.25) is 5.02 Å². The minimum absolute atomic E-state index is 0.0456. The van der Waals surface area contributed by atoms with Gasteiger partial charge in [-0.3, -0.25) is 4.79 Å². The first kappa shape index (κ1) is 19.7. The summed E-state index contributed by atoms with van der Waals surface area (Å²) in [6.07, 6.45) is 0.490. The monoisotopic (exact) mass is 366 g/mol. The molecule has 0 unspecified atom stereocenters. The first-order chi connectivity index (χ1) is 10.8. The number of nitrogens with zero attached hydrogens (tertiary/aromatic N) is 1. The quantitative estimate of drug-likeness (QED) is 0.674. The van der Waals surface area contributed by atoms with Gasteiger partial charge >= 0.3 is 0 Å². The summed E-state index contributed by atoms with van der Waals surface area (Å²) < 4.78 is 42.4. The van der Waals surface area contributed by atoms with E-state index in [0.717, 1.165) is 6.07 Å². The Labute approximate surface area is 140 Å². The predicted octanol–water partition coefficient (Wildman–Crippen LogP) is 1.65. The Bertz CT molecular complexity index is 640. The van der Waals surface area contributed by atoms with Crippen LogP contribution in [-0.2, 0) is 14.8 Å². The molecule has 9 heteroatoms. The molecule has 0 atom stereocenters. The molecule has 0 aliphatic carbocycles. The van der Waals surface area contributed by atoms with Gasteiger partial charge in [-0.2, -0.15) is 0 Å². The highest BCUT2D eigenvalue weighted by Gasteiger charge is 2.14. The van der Waals surface area contributed by atoms with Gasteiger partial charge in [-0.1, -0.05) is 11.6 Å². The maximum atomic E-state index is 13.0. The molecule has 0 saturated carbocycles. The fraction of sp³-hybridized carbons (Fsp3) is 0.500. The number of carbonyl (C=O) groups excluding carboxylic acids is 1. The number of rotatable bonds is 9. The summed E-state index contributed by atoms with van der Waals surface area (Å²) in [6.45, 7) is 2.00. The van der Waals surface area contributed by atoms with Gasteiger partial charge in [0.2, 0.25) is 10.0 Å². The van der Waals surface area contributed by atoms with E-state index in [2.05, 4.69) is 5.32 Å². The highest BCUT2D eigenvalue weighted by molar-refractivity contribution is 7.89. The highest BCUT2D eigenvalue weighted by Crippen LogP contribution is 2.20.